The van der Waals surface area contributed by atoms with E-state index in [0.29, 0.717) is 34.6 Å². The highest BCUT2D eigenvalue weighted by Gasteiger charge is 2.12. The fourth-order valence-electron chi connectivity index (χ4n) is 2.68. The molecule has 0 saturated heterocycles. The van der Waals surface area contributed by atoms with E-state index in [0.717, 1.165) is 5.69 Å². The Balaban J connectivity index is 1.79. The van der Waals surface area contributed by atoms with Gasteiger partial charge in [0.05, 0.1) is 21.3 Å². The Labute approximate surface area is 168 Å². The number of methoxy groups -OCH3 is 3. The molecule has 29 heavy (non-hydrogen) atoms. The maximum absolute atomic E-state index is 12.6. The van der Waals surface area contributed by atoms with Gasteiger partial charge < -0.3 is 24.8 Å². The molecule has 3 aromatic rings. The van der Waals surface area contributed by atoms with Crippen molar-refractivity contribution in [1.82, 2.24) is 9.97 Å². The molecule has 1 heterocycles. The van der Waals surface area contributed by atoms with E-state index in [-0.39, 0.29) is 11.6 Å². The zero-order valence-corrected chi connectivity index (χ0v) is 16.6. The number of rotatable bonds is 7. The third-order valence-corrected chi connectivity index (χ3v) is 4.07. The molecule has 2 N–H and O–H groups in total. The fraction of sp³-hybridized carbons (Fsp3) is 0.190. The van der Waals surface area contributed by atoms with Gasteiger partial charge >= 0.3 is 0 Å². The summed E-state index contributed by atoms with van der Waals surface area (Å²) in [4.78, 5) is 21.2. The summed E-state index contributed by atoms with van der Waals surface area (Å²) in [5, 5.41) is 5.97. The molecule has 150 valence electrons. The zero-order valence-electron chi connectivity index (χ0n) is 16.6. The molecule has 0 radical (unpaired) electrons. The van der Waals surface area contributed by atoms with Crippen molar-refractivity contribution < 1.29 is 19.0 Å². The molecule has 0 saturated carbocycles. The second kappa shape index (κ2) is 8.92. The van der Waals surface area contributed by atoms with E-state index < -0.39 is 0 Å². The van der Waals surface area contributed by atoms with Crippen molar-refractivity contribution >= 4 is 23.1 Å². The van der Waals surface area contributed by atoms with Crippen LogP contribution in [0.5, 0.6) is 17.2 Å². The van der Waals surface area contributed by atoms with E-state index >= 15 is 0 Å². The van der Waals surface area contributed by atoms with Crippen LogP contribution in [0.3, 0.4) is 0 Å². The minimum Gasteiger partial charge on any atom is -0.497 e. The summed E-state index contributed by atoms with van der Waals surface area (Å²) >= 11 is 0. The topological polar surface area (TPSA) is 94.6 Å². The van der Waals surface area contributed by atoms with Crippen LogP contribution in [0.1, 0.15) is 16.3 Å². The zero-order chi connectivity index (χ0) is 20.8. The van der Waals surface area contributed by atoms with Crippen molar-refractivity contribution in [3.63, 3.8) is 0 Å². The number of nitrogens with one attached hydrogen (secondary N) is 2. The molecule has 3 rings (SSSR count). The Hall–Kier alpha value is -3.81. The van der Waals surface area contributed by atoms with Gasteiger partial charge in [0.15, 0.2) is 11.5 Å². The van der Waals surface area contributed by atoms with Crippen LogP contribution in [0.25, 0.3) is 0 Å². The monoisotopic (exact) mass is 394 g/mol. The van der Waals surface area contributed by atoms with Gasteiger partial charge in [-0.25, -0.2) is 9.97 Å². The summed E-state index contributed by atoms with van der Waals surface area (Å²) in [6, 6.07) is 14.0. The Morgan fingerprint density at radius 2 is 1.52 bits per heavy atom. The van der Waals surface area contributed by atoms with Crippen molar-refractivity contribution in [2.45, 2.75) is 6.92 Å². The first-order valence-corrected chi connectivity index (χ1v) is 8.82. The third-order valence-electron chi connectivity index (χ3n) is 4.07. The van der Waals surface area contributed by atoms with Gasteiger partial charge in [-0.15, -0.1) is 0 Å². The van der Waals surface area contributed by atoms with E-state index in [1.54, 1.807) is 70.7 Å². The maximum Gasteiger partial charge on any atom is 0.274 e. The van der Waals surface area contributed by atoms with E-state index in [2.05, 4.69) is 20.6 Å². The van der Waals surface area contributed by atoms with Crippen molar-refractivity contribution in [3.8, 4) is 17.2 Å². The molecule has 0 atom stereocenters. The van der Waals surface area contributed by atoms with Gasteiger partial charge in [0, 0.05) is 23.5 Å². The number of carbonyl (C=O) groups excluding carboxylic acids is 1. The standard InChI is InChI=1S/C21H22N4O4/c1-13-22-17(21(26)25-14-5-8-16(27-2)9-6-14)12-20(23-13)24-15-7-10-18(28-3)19(11-15)29-4/h5-12H,1-4H3,(H,25,26)(H,22,23,24). The SMILES string of the molecule is COc1ccc(NC(=O)c2cc(Nc3ccc(OC)c(OC)c3)nc(C)n2)cc1. The van der Waals surface area contributed by atoms with Gasteiger partial charge in [-0.1, -0.05) is 0 Å². The van der Waals surface area contributed by atoms with Gasteiger partial charge in [0.1, 0.15) is 23.1 Å². The molecule has 8 nitrogen and oxygen atoms in total. The Morgan fingerprint density at radius 3 is 2.17 bits per heavy atom. The summed E-state index contributed by atoms with van der Waals surface area (Å²) in [6.07, 6.45) is 0. The number of aromatic nitrogens is 2. The lowest BCUT2D eigenvalue weighted by atomic mass is 10.2. The molecule has 0 aliphatic carbocycles. The number of hydrogen-bond acceptors (Lipinski definition) is 7. The normalized spacial score (nSPS) is 10.2. The summed E-state index contributed by atoms with van der Waals surface area (Å²) in [5.41, 5.74) is 1.63. The lowest BCUT2D eigenvalue weighted by molar-refractivity contribution is 0.102. The number of ether oxygens (including phenoxy) is 3. The van der Waals surface area contributed by atoms with Crippen LogP contribution in [-0.4, -0.2) is 37.2 Å². The number of amides is 1. The quantitative estimate of drug-likeness (QED) is 0.629. The van der Waals surface area contributed by atoms with E-state index in [9.17, 15) is 4.79 Å². The Kier molecular flexibility index (Phi) is 6.13. The summed E-state index contributed by atoms with van der Waals surface area (Å²) < 4.78 is 15.7. The van der Waals surface area contributed by atoms with Crippen LogP contribution in [0.2, 0.25) is 0 Å². The first-order valence-electron chi connectivity index (χ1n) is 8.82. The summed E-state index contributed by atoms with van der Waals surface area (Å²) in [5.74, 6) is 2.54. The molecular formula is C21H22N4O4. The predicted molar refractivity (Wildman–Crippen MR) is 111 cm³/mol. The van der Waals surface area contributed by atoms with Crippen LogP contribution < -0.4 is 24.8 Å². The number of benzene rings is 2. The summed E-state index contributed by atoms with van der Waals surface area (Å²) in [7, 11) is 4.73. The molecule has 2 aromatic carbocycles. The van der Waals surface area contributed by atoms with Crippen molar-refractivity contribution in [2.75, 3.05) is 32.0 Å². The molecule has 8 heteroatoms. The third kappa shape index (κ3) is 4.92. The minimum atomic E-state index is -0.337. The van der Waals surface area contributed by atoms with Crippen LogP contribution in [0, 0.1) is 6.92 Å². The average Bonchev–Trinajstić information content (AvgIpc) is 2.73. The predicted octanol–water partition coefficient (Wildman–Crippen LogP) is 3.81. The second-order valence-corrected chi connectivity index (χ2v) is 6.06. The van der Waals surface area contributed by atoms with E-state index in [4.69, 9.17) is 14.2 Å². The van der Waals surface area contributed by atoms with E-state index in [1.165, 1.54) is 0 Å². The van der Waals surface area contributed by atoms with Crippen LogP contribution in [0.4, 0.5) is 17.2 Å². The first kappa shape index (κ1) is 19.9. The molecule has 1 amide bonds. The Morgan fingerprint density at radius 1 is 0.828 bits per heavy atom. The molecule has 0 aliphatic heterocycles. The number of nitrogens with zero attached hydrogens (tertiary/aromatic N) is 2. The van der Waals surface area contributed by atoms with Crippen LogP contribution >= 0.6 is 0 Å². The van der Waals surface area contributed by atoms with E-state index in [1.807, 2.05) is 6.07 Å². The van der Waals surface area contributed by atoms with Crippen molar-refractivity contribution in [1.29, 1.82) is 0 Å². The molecular weight excluding hydrogens is 372 g/mol. The highest BCUT2D eigenvalue weighted by atomic mass is 16.5. The molecule has 0 aliphatic rings. The lowest BCUT2D eigenvalue weighted by Gasteiger charge is -2.12. The molecule has 0 unspecified atom stereocenters. The number of aryl methyl sites for hydroxylation is 1. The minimum absolute atomic E-state index is 0.247. The maximum atomic E-state index is 12.6. The van der Waals surface area contributed by atoms with Crippen LogP contribution in [0.15, 0.2) is 48.5 Å². The molecule has 0 bridgehead atoms. The number of anilines is 3. The highest BCUT2D eigenvalue weighted by molar-refractivity contribution is 6.03. The molecule has 1 aromatic heterocycles. The first-order chi connectivity index (χ1) is 14.0. The number of hydrogen-bond donors (Lipinski definition) is 2. The number of carbonyl (C=O) groups is 1. The summed E-state index contributed by atoms with van der Waals surface area (Å²) in [6.45, 7) is 1.73. The molecule has 0 spiro atoms. The smallest absolute Gasteiger partial charge is 0.274 e. The second-order valence-electron chi connectivity index (χ2n) is 6.06. The van der Waals surface area contributed by atoms with Gasteiger partial charge in [-0.3, -0.25) is 4.79 Å². The Bertz CT molecular complexity index is 1010. The molecule has 0 fully saturated rings. The lowest BCUT2D eigenvalue weighted by Crippen LogP contribution is -2.15. The largest absolute Gasteiger partial charge is 0.497 e. The van der Waals surface area contributed by atoms with Gasteiger partial charge in [-0.05, 0) is 43.3 Å². The van der Waals surface area contributed by atoms with Crippen molar-refractivity contribution in [2.24, 2.45) is 0 Å². The highest BCUT2D eigenvalue weighted by Crippen LogP contribution is 2.31. The van der Waals surface area contributed by atoms with Gasteiger partial charge in [0.2, 0.25) is 0 Å². The van der Waals surface area contributed by atoms with Crippen molar-refractivity contribution in [3.05, 3.63) is 60.0 Å². The van der Waals surface area contributed by atoms with Gasteiger partial charge in [0.25, 0.3) is 5.91 Å². The van der Waals surface area contributed by atoms with Gasteiger partial charge in [-0.2, -0.15) is 0 Å². The average molecular weight is 394 g/mol. The fourth-order valence-corrected chi connectivity index (χ4v) is 2.68. The van der Waals surface area contributed by atoms with Crippen LogP contribution in [-0.2, 0) is 0 Å².